The van der Waals surface area contributed by atoms with E-state index in [1.54, 1.807) is 22.9 Å². The van der Waals surface area contributed by atoms with Crippen LogP contribution in [0.1, 0.15) is 41.5 Å². The molecule has 0 amide bonds. The molecule has 0 spiro atoms. The SMILES string of the molecule is CCCCn1nc(O)nc1Cc1ccc(-c2ccccc2C(=O)O)cc1. The molecule has 0 saturated heterocycles. The van der Waals surface area contributed by atoms with Crippen molar-refractivity contribution in [3.8, 4) is 17.1 Å². The van der Waals surface area contributed by atoms with E-state index in [0.29, 0.717) is 12.0 Å². The molecule has 0 fully saturated rings. The zero-order valence-electron chi connectivity index (χ0n) is 14.6. The van der Waals surface area contributed by atoms with E-state index in [4.69, 9.17) is 0 Å². The van der Waals surface area contributed by atoms with Gasteiger partial charge in [-0.25, -0.2) is 9.48 Å². The third kappa shape index (κ3) is 3.91. The number of carboxylic acid groups (broad SMARTS) is 1. The van der Waals surface area contributed by atoms with Gasteiger partial charge in [0.25, 0.3) is 0 Å². The van der Waals surface area contributed by atoms with E-state index in [2.05, 4.69) is 17.0 Å². The fraction of sp³-hybridized carbons (Fsp3) is 0.250. The largest absolute Gasteiger partial charge is 0.478 e. The second kappa shape index (κ2) is 7.82. The molecule has 0 radical (unpaired) electrons. The molecule has 3 rings (SSSR count). The van der Waals surface area contributed by atoms with Crippen LogP contribution in [0.5, 0.6) is 6.01 Å². The van der Waals surface area contributed by atoms with Crippen molar-refractivity contribution in [2.24, 2.45) is 0 Å². The maximum atomic E-state index is 11.4. The summed E-state index contributed by atoms with van der Waals surface area (Å²) in [5.41, 5.74) is 2.84. The molecular formula is C20H21N3O3. The van der Waals surface area contributed by atoms with Gasteiger partial charge in [-0.1, -0.05) is 55.8 Å². The number of unbranched alkanes of at least 4 members (excludes halogenated alkanes) is 1. The van der Waals surface area contributed by atoms with Gasteiger partial charge in [0, 0.05) is 13.0 Å². The van der Waals surface area contributed by atoms with Crippen LogP contribution in [0.3, 0.4) is 0 Å². The van der Waals surface area contributed by atoms with Gasteiger partial charge in [-0.3, -0.25) is 0 Å². The Labute approximate surface area is 151 Å². The third-order valence-corrected chi connectivity index (χ3v) is 4.25. The van der Waals surface area contributed by atoms with Crippen LogP contribution in [0.25, 0.3) is 11.1 Å². The molecule has 0 bridgehead atoms. The van der Waals surface area contributed by atoms with Crippen molar-refractivity contribution in [1.82, 2.24) is 14.8 Å². The number of hydrogen-bond donors (Lipinski definition) is 2. The van der Waals surface area contributed by atoms with Gasteiger partial charge in [0.15, 0.2) is 0 Å². The van der Waals surface area contributed by atoms with E-state index in [1.807, 2.05) is 30.3 Å². The van der Waals surface area contributed by atoms with Gasteiger partial charge in [-0.05, 0) is 29.2 Å². The second-order valence-corrected chi connectivity index (χ2v) is 6.13. The number of aromatic hydroxyl groups is 1. The Balaban J connectivity index is 1.82. The number of aromatic carboxylic acids is 1. The van der Waals surface area contributed by atoms with E-state index < -0.39 is 5.97 Å². The van der Waals surface area contributed by atoms with Crippen molar-refractivity contribution in [3.63, 3.8) is 0 Å². The summed E-state index contributed by atoms with van der Waals surface area (Å²) in [5.74, 6) is -0.223. The molecule has 0 aliphatic heterocycles. The van der Waals surface area contributed by atoms with Gasteiger partial charge < -0.3 is 10.2 Å². The molecule has 6 nitrogen and oxygen atoms in total. The van der Waals surface area contributed by atoms with Crippen molar-refractivity contribution in [3.05, 3.63) is 65.5 Å². The predicted molar refractivity (Wildman–Crippen MR) is 98.2 cm³/mol. The average molecular weight is 351 g/mol. The number of aryl methyl sites for hydroxylation is 1. The Morgan fingerprint density at radius 3 is 2.54 bits per heavy atom. The van der Waals surface area contributed by atoms with Gasteiger partial charge in [0.05, 0.1) is 5.56 Å². The summed E-state index contributed by atoms with van der Waals surface area (Å²) in [4.78, 5) is 15.5. The number of aromatic nitrogens is 3. The first-order chi connectivity index (χ1) is 12.6. The van der Waals surface area contributed by atoms with Crippen LogP contribution in [0.15, 0.2) is 48.5 Å². The lowest BCUT2D eigenvalue weighted by molar-refractivity contribution is 0.0697. The average Bonchev–Trinajstić information content (AvgIpc) is 2.99. The van der Waals surface area contributed by atoms with Crippen LogP contribution < -0.4 is 0 Å². The van der Waals surface area contributed by atoms with Crippen LogP contribution in [-0.2, 0) is 13.0 Å². The number of rotatable bonds is 7. The van der Waals surface area contributed by atoms with Gasteiger partial charge in [-0.2, -0.15) is 4.98 Å². The molecule has 134 valence electrons. The minimum Gasteiger partial charge on any atom is -0.478 e. The van der Waals surface area contributed by atoms with Crippen molar-refractivity contribution in [2.45, 2.75) is 32.7 Å². The van der Waals surface area contributed by atoms with Crippen LogP contribution in [0.2, 0.25) is 0 Å². The van der Waals surface area contributed by atoms with E-state index in [0.717, 1.165) is 36.3 Å². The fourth-order valence-corrected chi connectivity index (χ4v) is 2.88. The van der Waals surface area contributed by atoms with E-state index in [9.17, 15) is 15.0 Å². The van der Waals surface area contributed by atoms with Crippen LogP contribution >= 0.6 is 0 Å². The highest BCUT2D eigenvalue weighted by Crippen LogP contribution is 2.24. The summed E-state index contributed by atoms with van der Waals surface area (Å²) in [6.45, 7) is 2.83. The van der Waals surface area contributed by atoms with Crippen molar-refractivity contribution >= 4 is 5.97 Å². The van der Waals surface area contributed by atoms with Crippen LogP contribution in [-0.4, -0.2) is 30.9 Å². The maximum Gasteiger partial charge on any atom is 0.336 e. The molecule has 0 unspecified atom stereocenters. The first kappa shape index (κ1) is 17.7. The highest BCUT2D eigenvalue weighted by Gasteiger charge is 2.12. The molecule has 1 aromatic heterocycles. The lowest BCUT2D eigenvalue weighted by Crippen LogP contribution is -2.06. The highest BCUT2D eigenvalue weighted by molar-refractivity contribution is 5.95. The minimum absolute atomic E-state index is 0.205. The van der Waals surface area contributed by atoms with E-state index in [1.165, 1.54) is 0 Å². The van der Waals surface area contributed by atoms with Crippen molar-refractivity contribution in [1.29, 1.82) is 0 Å². The first-order valence-corrected chi connectivity index (χ1v) is 8.62. The van der Waals surface area contributed by atoms with Crippen LogP contribution in [0, 0.1) is 0 Å². The zero-order chi connectivity index (χ0) is 18.5. The van der Waals surface area contributed by atoms with E-state index >= 15 is 0 Å². The molecule has 0 saturated carbocycles. The second-order valence-electron chi connectivity index (χ2n) is 6.13. The van der Waals surface area contributed by atoms with Crippen molar-refractivity contribution in [2.75, 3.05) is 0 Å². The van der Waals surface area contributed by atoms with Gasteiger partial charge in [-0.15, -0.1) is 5.10 Å². The standard InChI is InChI=1S/C20H21N3O3/c1-2-3-12-23-18(21-20(26)22-23)13-14-8-10-15(11-9-14)16-6-4-5-7-17(16)19(24)25/h4-11H,2-3,12-13H2,1H3,(H,22,26)(H,24,25). The summed E-state index contributed by atoms with van der Waals surface area (Å²) in [7, 11) is 0. The summed E-state index contributed by atoms with van der Waals surface area (Å²) >= 11 is 0. The molecule has 3 aromatic rings. The Hall–Kier alpha value is -3.15. The molecule has 0 aliphatic rings. The lowest BCUT2D eigenvalue weighted by Gasteiger charge is -2.08. The summed E-state index contributed by atoms with van der Waals surface area (Å²) in [5, 5.41) is 23.0. The Kier molecular flexibility index (Phi) is 5.31. The molecule has 0 atom stereocenters. The Morgan fingerprint density at radius 1 is 1.12 bits per heavy atom. The number of benzene rings is 2. The third-order valence-electron chi connectivity index (χ3n) is 4.25. The van der Waals surface area contributed by atoms with Crippen LogP contribution in [0.4, 0.5) is 0 Å². The molecular weight excluding hydrogens is 330 g/mol. The molecule has 2 aromatic carbocycles. The molecule has 2 N–H and O–H groups in total. The fourth-order valence-electron chi connectivity index (χ4n) is 2.88. The molecule has 6 heteroatoms. The summed E-state index contributed by atoms with van der Waals surface area (Å²) in [6, 6.07) is 14.5. The smallest absolute Gasteiger partial charge is 0.336 e. The molecule has 1 heterocycles. The van der Waals surface area contributed by atoms with Gasteiger partial charge in [0.2, 0.25) is 0 Å². The van der Waals surface area contributed by atoms with E-state index in [-0.39, 0.29) is 11.6 Å². The van der Waals surface area contributed by atoms with Gasteiger partial charge >= 0.3 is 12.0 Å². The number of nitrogens with zero attached hydrogens (tertiary/aromatic N) is 3. The monoisotopic (exact) mass is 351 g/mol. The molecule has 0 aliphatic carbocycles. The number of hydrogen-bond acceptors (Lipinski definition) is 4. The number of carboxylic acids is 1. The zero-order valence-corrected chi connectivity index (χ0v) is 14.6. The van der Waals surface area contributed by atoms with Gasteiger partial charge in [0.1, 0.15) is 5.82 Å². The maximum absolute atomic E-state index is 11.4. The Bertz CT molecular complexity index is 901. The molecule has 26 heavy (non-hydrogen) atoms. The minimum atomic E-state index is -0.941. The summed E-state index contributed by atoms with van der Waals surface area (Å²) < 4.78 is 1.74. The normalized spacial score (nSPS) is 10.8. The summed E-state index contributed by atoms with van der Waals surface area (Å²) in [6.07, 6.45) is 2.57. The topological polar surface area (TPSA) is 88.2 Å². The highest BCUT2D eigenvalue weighted by atomic mass is 16.4. The van der Waals surface area contributed by atoms with Crippen molar-refractivity contribution < 1.29 is 15.0 Å². The number of carbonyl (C=O) groups is 1. The first-order valence-electron chi connectivity index (χ1n) is 8.62. The lowest BCUT2D eigenvalue weighted by atomic mass is 9.98. The Morgan fingerprint density at radius 2 is 1.85 bits per heavy atom. The quantitative estimate of drug-likeness (QED) is 0.677. The predicted octanol–water partition coefficient (Wildman–Crippen LogP) is 3.74.